The lowest BCUT2D eigenvalue weighted by molar-refractivity contribution is -0.126. The van der Waals surface area contributed by atoms with Gasteiger partial charge in [0.2, 0.25) is 0 Å². The van der Waals surface area contributed by atoms with Crippen molar-refractivity contribution in [2.45, 2.75) is 24.8 Å². The van der Waals surface area contributed by atoms with Crippen molar-refractivity contribution in [1.82, 2.24) is 9.88 Å². The number of carbonyl (C=O) groups is 1. The summed E-state index contributed by atoms with van der Waals surface area (Å²) < 4.78 is 5.40. The Kier molecular flexibility index (Phi) is 3.44. The molecule has 0 spiro atoms. The second-order valence-corrected chi connectivity index (χ2v) is 7.32. The predicted octanol–water partition coefficient (Wildman–Crippen LogP) is 3.64. The lowest BCUT2D eigenvalue weighted by Crippen LogP contribution is -2.56. The molecule has 2 aromatic carbocycles. The molecular formula is C22H22N2O2. The van der Waals surface area contributed by atoms with Gasteiger partial charge in [0.05, 0.1) is 12.6 Å². The fourth-order valence-electron chi connectivity index (χ4n) is 4.85. The van der Waals surface area contributed by atoms with Gasteiger partial charge < -0.3 is 9.72 Å². The van der Waals surface area contributed by atoms with Crippen molar-refractivity contribution < 1.29 is 9.53 Å². The van der Waals surface area contributed by atoms with E-state index in [-0.39, 0.29) is 5.54 Å². The van der Waals surface area contributed by atoms with Crippen LogP contribution in [0, 0.1) is 0 Å². The molecule has 3 heterocycles. The van der Waals surface area contributed by atoms with E-state index in [1.807, 2.05) is 12.1 Å². The molecule has 4 heteroatoms. The lowest BCUT2D eigenvalue weighted by Gasteiger charge is -2.49. The average molecular weight is 346 g/mol. The SMILES string of the molecule is COc1ccc2c3c([nH]c2c1)C1(c2ccccc2)CC(=O)CCN1CC3. The van der Waals surface area contributed by atoms with Gasteiger partial charge in [0, 0.05) is 48.6 Å². The number of aromatic amines is 1. The first kappa shape index (κ1) is 15.6. The van der Waals surface area contributed by atoms with Crippen LogP contribution in [0.4, 0.5) is 0 Å². The highest BCUT2D eigenvalue weighted by atomic mass is 16.5. The van der Waals surface area contributed by atoms with E-state index in [1.165, 1.54) is 22.2 Å². The third kappa shape index (κ3) is 2.08. The summed E-state index contributed by atoms with van der Waals surface area (Å²) in [5, 5.41) is 1.24. The normalized spacial score (nSPS) is 22.9. The van der Waals surface area contributed by atoms with Crippen LogP contribution in [0.15, 0.2) is 48.5 Å². The highest BCUT2D eigenvalue weighted by Gasteiger charge is 2.49. The number of H-pyrrole nitrogens is 1. The van der Waals surface area contributed by atoms with Crippen molar-refractivity contribution in [3.63, 3.8) is 0 Å². The van der Waals surface area contributed by atoms with Crippen molar-refractivity contribution in [1.29, 1.82) is 0 Å². The molecule has 0 bridgehead atoms. The number of Topliss-reactive ketones (excluding diaryl/α,β-unsaturated/α-hetero) is 1. The van der Waals surface area contributed by atoms with Gasteiger partial charge in [-0.3, -0.25) is 9.69 Å². The molecule has 4 nitrogen and oxygen atoms in total. The Morgan fingerprint density at radius 2 is 1.88 bits per heavy atom. The van der Waals surface area contributed by atoms with Crippen molar-refractivity contribution in [3.05, 3.63) is 65.4 Å². The maximum Gasteiger partial charge on any atom is 0.136 e. The molecule has 5 rings (SSSR count). The van der Waals surface area contributed by atoms with Crippen LogP contribution in [0.2, 0.25) is 0 Å². The van der Waals surface area contributed by atoms with E-state index in [0.717, 1.165) is 30.8 Å². The second kappa shape index (κ2) is 5.71. The highest BCUT2D eigenvalue weighted by molar-refractivity contribution is 5.88. The van der Waals surface area contributed by atoms with Gasteiger partial charge in [-0.2, -0.15) is 0 Å². The maximum absolute atomic E-state index is 12.6. The minimum absolute atomic E-state index is 0.342. The standard InChI is InChI=1S/C22H22N2O2/c1-26-17-7-8-18-19-10-12-24-11-9-16(25)14-22(24,15-5-3-2-4-6-15)21(19)23-20(18)13-17/h2-8,13,23H,9-12,14H2,1H3. The Morgan fingerprint density at radius 3 is 2.69 bits per heavy atom. The molecule has 1 unspecified atom stereocenters. The summed E-state index contributed by atoms with van der Waals surface area (Å²) in [6.45, 7) is 1.81. The molecule has 0 amide bonds. The number of piperidine rings is 1. The molecule has 26 heavy (non-hydrogen) atoms. The number of nitrogens with zero attached hydrogens (tertiary/aromatic N) is 1. The monoisotopic (exact) mass is 346 g/mol. The number of carbonyl (C=O) groups excluding carboxylic acids is 1. The second-order valence-electron chi connectivity index (χ2n) is 7.32. The third-order valence-electron chi connectivity index (χ3n) is 6.06. The summed E-state index contributed by atoms with van der Waals surface area (Å²) in [5.74, 6) is 1.19. The summed E-state index contributed by atoms with van der Waals surface area (Å²) in [4.78, 5) is 18.7. The van der Waals surface area contributed by atoms with E-state index in [0.29, 0.717) is 18.6 Å². The number of methoxy groups -OCH3 is 1. The average Bonchev–Trinajstić information content (AvgIpc) is 3.07. The Bertz CT molecular complexity index is 992. The zero-order valence-corrected chi connectivity index (χ0v) is 14.9. The number of nitrogens with one attached hydrogen (secondary N) is 1. The minimum Gasteiger partial charge on any atom is -0.497 e. The van der Waals surface area contributed by atoms with E-state index in [9.17, 15) is 4.79 Å². The molecule has 1 fully saturated rings. The molecule has 1 aromatic heterocycles. The first-order chi connectivity index (χ1) is 12.7. The van der Waals surface area contributed by atoms with Crippen molar-refractivity contribution >= 4 is 16.7 Å². The summed E-state index contributed by atoms with van der Waals surface area (Å²) in [7, 11) is 1.69. The van der Waals surface area contributed by atoms with Crippen LogP contribution < -0.4 is 4.74 Å². The highest BCUT2D eigenvalue weighted by Crippen LogP contribution is 2.47. The van der Waals surface area contributed by atoms with E-state index >= 15 is 0 Å². The van der Waals surface area contributed by atoms with Crippen LogP contribution >= 0.6 is 0 Å². The Hall–Kier alpha value is -2.59. The van der Waals surface area contributed by atoms with Gasteiger partial charge in [-0.1, -0.05) is 30.3 Å². The van der Waals surface area contributed by atoms with E-state index in [1.54, 1.807) is 7.11 Å². The summed E-state index contributed by atoms with van der Waals surface area (Å²) >= 11 is 0. The van der Waals surface area contributed by atoms with Crippen molar-refractivity contribution in [2.75, 3.05) is 20.2 Å². The zero-order valence-electron chi connectivity index (χ0n) is 14.9. The number of hydrogen-bond acceptors (Lipinski definition) is 3. The zero-order chi connectivity index (χ0) is 17.7. The summed E-state index contributed by atoms with van der Waals surface area (Å²) in [6, 6.07) is 16.7. The van der Waals surface area contributed by atoms with E-state index in [2.05, 4.69) is 46.3 Å². The van der Waals surface area contributed by atoms with Gasteiger partial charge in [0.15, 0.2) is 0 Å². The first-order valence-corrected chi connectivity index (χ1v) is 9.24. The number of ether oxygens (including phenoxy) is 1. The number of hydrogen-bond donors (Lipinski definition) is 1. The molecule has 0 saturated carbocycles. The number of aromatic nitrogens is 1. The molecule has 0 radical (unpaired) electrons. The quantitative estimate of drug-likeness (QED) is 0.770. The predicted molar refractivity (Wildman–Crippen MR) is 102 cm³/mol. The molecule has 1 atom stereocenters. The topological polar surface area (TPSA) is 45.3 Å². The Balaban J connectivity index is 1.80. The van der Waals surface area contributed by atoms with Gasteiger partial charge in [-0.05, 0) is 29.7 Å². The van der Waals surface area contributed by atoms with Crippen molar-refractivity contribution in [2.24, 2.45) is 0 Å². The van der Waals surface area contributed by atoms with Crippen molar-refractivity contribution in [3.8, 4) is 5.75 Å². The van der Waals surface area contributed by atoms with Gasteiger partial charge in [-0.15, -0.1) is 0 Å². The number of ketones is 1. The molecule has 2 aliphatic rings. The van der Waals surface area contributed by atoms with E-state index < -0.39 is 0 Å². The molecule has 1 N–H and O–H groups in total. The first-order valence-electron chi connectivity index (χ1n) is 9.24. The summed E-state index contributed by atoms with van der Waals surface area (Å²) in [6.07, 6.45) is 2.19. The lowest BCUT2D eigenvalue weighted by atomic mass is 9.73. The number of rotatable bonds is 2. The smallest absolute Gasteiger partial charge is 0.136 e. The molecular weight excluding hydrogens is 324 g/mol. The fourth-order valence-corrected chi connectivity index (χ4v) is 4.85. The number of benzene rings is 2. The summed E-state index contributed by atoms with van der Waals surface area (Å²) in [5.41, 5.74) is 4.44. The van der Waals surface area contributed by atoms with Crippen LogP contribution in [0.25, 0.3) is 10.9 Å². The van der Waals surface area contributed by atoms with Gasteiger partial charge in [0.25, 0.3) is 0 Å². The van der Waals surface area contributed by atoms with E-state index in [4.69, 9.17) is 4.74 Å². The maximum atomic E-state index is 12.6. The van der Waals surface area contributed by atoms with Crippen LogP contribution in [0.5, 0.6) is 5.75 Å². The van der Waals surface area contributed by atoms with Crippen LogP contribution in [-0.2, 0) is 16.8 Å². The number of fused-ring (bicyclic) bond motifs is 5. The minimum atomic E-state index is -0.379. The van der Waals surface area contributed by atoms with Gasteiger partial charge in [0.1, 0.15) is 11.5 Å². The molecule has 1 saturated heterocycles. The Labute approximate surface area is 152 Å². The van der Waals surface area contributed by atoms with Crippen LogP contribution in [0.3, 0.4) is 0 Å². The van der Waals surface area contributed by atoms with Gasteiger partial charge >= 0.3 is 0 Å². The third-order valence-corrected chi connectivity index (χ3v) is 6.06. The molecule has 3 aromatic rings. The molecule has 132 valence electrons. The van der Waals surface area contributed by atoms with Gasteiger partial charge in [-0.25, -0.2) is 0 Å². The van der Waals surface area contributed by atoms with Crippen LogP contribution in [-0.4, -0.2) is 35.9 Å². The fraction of sp³-hybridized carbons (Fsp3) is 0.318. The van der Waals surface area contributed by atoms with Crippen LogP contribution in [0.1, 0.15) is 29.7 Å². The molecule has 0 aliphatic carbocycles. The Morgan fingerprint density at radius 1 is 1.08 bits per heavy atom. The molecule has 2 aliphatic heterocycles. The largest absolute Gasteiger partial charge is 0.497 e.